The molecule has 1 heterocycles. The number of aliphatic hydroxyl groups excluding tert-OH is 2. The van der Waals surface area contributed by atoms with Crippen molar-refractivity contribution in [2.24, 2.45) is 5.92 Å². The predicted octanol–water partition coefficient (Wildman–Crippen LogP) is -1.53. The molecule has 0 bridgehead atoms. The zero-order valence-electron chi connectivity index (χ0n) is 11.2. The third-order valence-electron chi connectivity index (χ3n) is 3.32. The van der Waals surface area contributed by atoms with E-state index in [1.165, 1.54) is 15.5 Å². The van der Waals surface area contributed by atoms with E-state index in [9.17, 15) is 13.2 Å². The van der Waals surface area contributed by atoms with Crippen LogP contribution in [0.5, 0.6) is 0 Å². The van der Waals surface area contributed by atoms with Crippen molar-refractivity contribution in [2.45, 2.75) is 12.8 Å². The maximum absolute atomic E-state index is 12.2. The van der Waals surface area contributed by atoms with Crippen LogP contribution >= 0.6 is 0 Å². The number of hydrogen-bond acceptors (Lipinski definition) is 5. The summed E-state index contributed by atoms with van der Waals surface area (Å²) in [5.41, 5.74) is 0. The van der Waals surface area contributed by atoms with Crippen molar-refractivity contribution < 1.29 is 23.4 Å². The lowest BCUT2D eigenvalue weighted by molar-refractivity contribution is -0.137. The molecule has 0 aliphatic carbocycles. The second kappa shape index (κ2) is 7.18. The second-order valence-corrected chi connectivity index (χ2v) is 6.69. The second-order valence-electron chi connectivity index (χ2n) is 4.71. The highest BCUT2D eigenvalue weighted by Crippen LogP contribution is 2.21. The van der Waals surface area contributed by atoms with Gasteiger partial charge in [0.15, 0.2) is 0 Å². The van der Waals surface area contributed by atoms with Gasteiger partial charge in [0, 0.05) is 32.1 Å². The Hall–Kier alpha value is -0.700. The van der Waals surface area contributed by atoms with E-state index in [0.717, 1.165) is 0 Å². The molecule has 1 fully saturated rings. The molecule has 1 aliphatic rings. The Morgan fingerprint density at radius 1 is 1.21 bits per heavy atom. The number of aliphatic hydroxyl groups is 2. The van der Waals surface area contributed by atoms with E-state index >= 15 is 0 Å². The van der Waals surface area contributed by atoms with Crippen LogP contribution in [-0.4, -0.2) is 79.4 Å². The van der Waals surface area contributed by atoms with Crippen molar-refractivity contribution in [1.82, 2.24) is 9.21 Å². The molecule has 0 aromatic carbocycles. The van der Waals surface area contributed by atoms with Crippen LogP contribution in [0, 0.1) is 5.92 Å². The Balaban J connectivity index is 2.56. The van der Waals surface area contributed by atoms with Gasteiger partial charge in [-0.1, -0.05) is 0 Å². The molecule has 0 aromatic rings. The van der Waals surface area contributed by atoms with E-state index in [0.29, 0.717) is 25.9 Å². The van der Waals surface area contributed by atoms with E-state index in [-0.39, 0.29) is 38.1 Å². The zero-order valence-corrected chi connectivity index (χ0v) is 12.0. The molecule has 1 amide bonds. The molecule has 0 spiro atoms. The van der Waals surface area contributed by atoms with Gasteiger partial charge in [-0.25, -0.2) is 12.7 Å². The molecular weight excluding hydrogens is 272 g/mol. The first kappa shape index (κ1) is 16.4. The van der Waals surface area contributed by atoms with Gasteiger partial charge < -0.3 is 15.1 Å². The lowest BCUT2D eigenvalue weighted by Crippen LogP contribution is -2.45. The number of rotatable bonds is 6. The molecule has 1 saturated heterocycles. The third-order valence-corrected chi connectivity index (χ3v) is 4.63. The molecule has 19 heavy (non-hydrogen) atoms. The summed E-state index contributed by atoms with van der Waals surface area (Å²) in [7, 11) is -3.19. The van der Waals surface area contributed by atoms with Crippen molar-refractivity contribution in [1.29, 1.82) is 0 Å². The third kappa shape index (κ3) is 4.72. The van der Waals surface area contributed by atoms with Gasteiger partial charge in [-0.05, 0) is 12.8 Å². The van der Waals surface area contributed by atoms with Crippen molar-refractivity contribution in [3.63, 3.8) is 0 Å². The summed E-state index contributed by atoms with van der Waals surface area (Å²) in [6, 6.07) is 0. The SMILES string of the molecule is CS(=O)(=O)N1CCC(C(=O)N(CCO)CCO)CC1. The van der Waals surface area contributed by atoms with Crippen LogP contribution in [-0.2, 0) is 14.8 Å². The molecule has 0 atom stereocenters. The maximum atomic E-state index is 12.2. The van der Waals surface area contributed by atoms with E-state index in [4.69, 9.17) is 10.2 Å². The molecule has 0 radical (unpaired) electrons. The normalized spacial score (nSPS) is 18.5. The highest BCUT2D eigenvalue weighted by Gasteiger charge is 2.31. The molecule has 8 heteroatoms. The lowest BCUT2D eigenvalue weighted by atomic mass is 9.96. The van der Waals surface area contributed by atoms with Crippen molar-refractivity contribution in [3.8, 4) is 0 Å². The Morgan fingerprint density at radius 2 is 1.68 bits per heavy atom. The number of sulfonamides is 1. The summed E-state index contributed by atoms with van der Waals surface area (Å²) in [4.78, 5) is 13.6. The van der Waals surface area contributed by atoms with Gasteiger partial charge in [-0.2, -0.15) is 0 Å². The van der Waals surface area contributed by atoms with Gasteiger partial charge in [0.25, 0.3) is 0 Å². The van der Waals surface area contributed by atoms with E-state index < -0.39 is 10.0 Å². The van der Waals surface area contributed by atoms with Gasteiger partial charge in [0.05, 0.1) is 19.5 Å². The molecule has 0 saturated carbocycles. The van der Waals surface area contributed by atoms with Crippen molar-refractivity contribution >= 4 is 15.9 Å². The molecule has 7 nitrogen and oxygen atoms in total. The van der Waals surface area contributed by atoms with Crippen molar-refractivity contribution in [3.05, 3.63) is 0 Å². The molecule has 0 aromatic heterocycles. The minimum atomic E-state index is -3.19. The smallest absolute Gasteiger partial charge is 0.225 e. The van der Waals surface area contributed by atoms with Crippen LogP contribution in [0.2, 0.25) is 0 Å². The molecular formula is C11H22N2O5S. The minimum Gasteiger partial charge on any atom is -0.395 e. The van der Waals surface area contributed by atoms with Gasteiger partial charge in [-0.15, -0.1) is 0 Å². The van der Waals surface area contributed by atoms with Crippen LogP contribution < -0.4 is 0 Å². The number of nitrogens with zero attached hydrogens (tertiary/aromatic N) is 2. The summed E-state index contributed by atoms with van der Waals surface area (Å²) < 4.78 is 24.1. The van der Waals surface area contributed by atoms with Gasteiger partial charge in [0.2, 0.25) is 15.9 Å². The quantitative estimate of drug-likeness (QED) is 0.619. The summed E-state index contributed by atoms with van der Waals surface area (Å²) in [6.45, 7) is 0.807. The molecule has 2 N–H and O–H groups in total. The fourth-order valence-corrected chi connectivity index (χ4v) is 3.14. The molecule has 1 aliphatic heterocycles. The van der Waals surface area contributed by atoms with Gasteiger partial charge >= 0.3 is 0 Å². The van der Waals surface area contributed by atoms with E-state index in [2.05, 4.69) is 0 Å². The first-order valence-corrected chi connectivity index (χ1v) is 8.20. The Labute approximate surface area is 113 Å². The summed E-state index contributed by atoms with van der Waals surface area (Å²) in [6.07, 6.45) is 2.14. The predicted molar refractivity (Wildman–Crippen MR) is 69.9 cm³/mol. The van der Waals surface area contributed by atoms with Gasteiger partial charge in [-0.3, -0.25) is 4.79 Å². The fraction of sp³-hybridized carbons (Fsp3) is 0.909. The first-order chi connectivity index (χ1) is 8.90. The van der Waals surface area contributed by atoms with Gasteiger partial charge in [0.1, 0.15) is 0 Å². The van der Waals surface area contributed by atoms with Crippen molar-refractivity contribution in [2.75, 3.05) is 45.6 Å². The summed E-state index contributed by atoms with van der Waals surface area (Å²) >= 11 is 0. The maximum Gasteiger partial charge on any atom is 0.225 e. The van der Waals surface area contributed by atoms with E-state index in [1.807, 2.05) is 0 Å². The number of hydrogen-bond donors (Lipinski definition) is 2. The fourth-order valence-electron chi connectivity index (χ4n) is 2.27. The number of amides is 1. The lowest BCUT2D eigenvalue weighted by Gasteiger charge is -2.32. The number of carbonyl (C=O) groups excluding carboxylic acids is 1. The number of carbonyl (C=O) groups is 1. The standard InChI is InChI=1S/C11H22N2O5S/c1-19(17,18)13-4-2-10(3-5-13)11(16)12(6-8-14)7-9-15/h10,14-15H,2-9H2,1H3. The largest absolute Gasteiger partial charge is 0.395 e. The monoisotopic (exact) mass is 294 g/mol. The topological polar surface area (TPSA) is 98.2 Å². The average Bonchev–Trinajstić information content (AvgIpc) is 2.37. The van der Waals surface area contributed by atoms with Crippen LogP contribution in [0.15, 0.2) is 0 Å². The zero-order chi connectivity index (χ0) is 14.5. The van der Waals surface area contributed by atoms with Crippen LogP contribution in [0.4, 0.5) is 0 Å². The summed E-state index contributed by atoms with van der Waals surface area (Å²) in [5.74, 6) is -0.340. The number of piperidine rings is 1. The molecule has 0 unspecified atom stereocenters. The Kier molecular flexibility index (Phi) is 6.18. The highest BCUT2D eigenvalue weighted by atomic mass is 32.2. The van der Waals surface area contributed by atoms with Crippen LogP contribution in [0.1, 0.15) is 12.8 Å². The Morgan fingerprint density at radius 3 is 2.05 bits per heavy atom. The minimum absolute atomic E-state index is 0.115. The van der Waals surface area contributed by atoms with Crippen LogP contribution in [0.3, 0.4) is 0 Å². The van der Waals surface area contributed by atoms with Crippen LogP contribution in [0.25, 0.3) is 0 Å². The summed E-state index contributed by atoms with van der Waals surface area (Å²) in [5, 5.41) is 17.8. The van der Waals surface area contributed by atoms with E-state index in [1.54, 1.807) is 0 Å². The molecule has 112 valence electrons. The highest BCUT2D eigenvalue weighted by molar-refractivity contribution is 7.88. The Bertz CT molecular complexity index is 384. The first-order valence-electron chi connectivity index (χ1n) is 6.35. The molecule has 1 rings (SSSR count). The average molecular weight is 294 g/mol.